The number of ether oxygens (including phenoxy) is 1. The first kappa shape index (κ1) is 30.8. The minimum Gasteiger partial charge on any atom is -0.492 e. The van der Waals surface area contributed by atoms with Gasteiger partial charge in [-0.2, -0.15) is 0 Å². The van der Waals surface area contributed by atoms with E-state index in [1.165, 1.54) is 10.7 Å². The quantitative estimate of drug-likeness (QED) is 0.355. The molecule has 0 aliphatic heterocycles. The third kappa shape index (κ3) is 9.14. The minimum atomic E-state index is -3.62. The van der Waals surface area contributed by atoms with Crippen LogP contribution in [0.25, 0.3) is 0 Å². The molecule has 1 unspecified atom stereocenters. The number of hydrogen-bond donors (Lipinski definition) is 1. The van der Waals surface area contributed by atoms with Crippen LogP contribution in [0.1, 0.15) is 64.4 Å². The number of nitrogens with zero attached hydrogens (tertiary/aromatic N) is 2. The summed E-state index contributed by atoms with van der Waals surface area (Å²) in [5.41, 5.74) is 1.29. The Morgan fingerprint density at radius 2 is 1.74 bits per heavy atom. The number of nitrogens with one attached hydrogen (secondary N) is 1. The van der Waals surface area contributed by atoms with Gasteiger partial charge in [0.05, 0.1) is 18.6 Å². The number of halogens is 1. The summed E-state index contributed by atoms with van der Waals surface area (Å²) < 4.78 is 32.2. The lowest BCUT2D eigenvalue weighted by Crippen LogP contribution is -2.50. The van der Waals surface area contributed by atoms with Gasteiger partial charge in [0.2, 0.25) is 21.8 Å². The van der Waals surface area contributed by atoms with E-state index < -0.39 is 16.1 Å². The Kier molecular flexibility index (Phi) is 11.5. The number of para-hydroxylation sites is 2. The lowest BCUT2D eigenvalue weighted by molar-refractivity contribution is -0.141. The Bertz CT molecular complexity index is 1200. The fourth-order valence-corrected chi connectivity index (χ4v) is 5.96. The van der Waals surface area contributed by atoms with Crippen LogP contribution in [0.15, 0.2) is 48.5 Å². The van der Waals surface area contributed by atoms with Gasteiger partial charge < -0.3 is 15.0 Å². The molecule has 2 amide bonds. The summed E-state index contributed by atoms with van der Waals surface area (Å²) in [6, 6.07) is 13.6. The van der Waals surface area contributed by atoms with Gasteiger partial charge in [0, 0.05) is 30.6 Å². The number of carbonyl (C=O) groups is 2. The second-order valence-electron chi connectivity index (χ2n) is 10.0. The van der Waals surface area contributed by atoms with Crippen molar-refractivity contribution in [3.8, 4) is 5.75 Å². The van der Waals surface area contributed by atoms with Crippen LogP contribution in [0, 0.1) is 0 Å². The Labute approximate surface area is 237 Å². The topological polar surface area (TPSA) is 96.0 Å². The van der Waals surface area contributed by atoms with Crippen LogP contribution in [0.2, 0.25) is 5.02 Å². The van der Waals surface area contributed by atoms with Gasteiger partial charge in [0.15, 0.2) is 0 Å². The third-order valence-electron chi connectivity index (χ3n) is 6.97. The molecule has 2 aromatic carbocycles. The molecule has 2 aromatic rings. The van der Waals surface area contributed by atoms with E-state index in [2.05, 4.69) is 5.32 Å². The molecular weight excluding hydrogens is 538 g/mol. The molecule has 39 heavy (non-hydrogen) atoms. The van der Waals surface area contributed by atoms with E-state index >= 15 is 0 Å². The van der Waals surface area contributed by atoms with E-state index in [4.69, 9.17) is 16.3 Å². The molecule has 1 fully saturated rings. The molecule has 0 radical (unpaired) electrons. The highest BCUT2D eigenvalue weighted by Gasteiger charge is 2.28. The Morgan fingerprint density at radius 3 is 2.38 bits per heavy atom. The van der Waals surface area contributed by atoms with Crippen molar-refractivity contribution in [3.63, 3.8) is 0 Å². The highest BCUT2D eigenvalue weighted by Crippen LogP contribution is 2.30. The maximum atomic E-state index is 13.5. The molecular formula is C29H40ClN3O5S. The van der Waals surface area contributed by atoms with Gasteiger partial charge in [-0.15, -0.1) is 0 Å². The Hall–Kier alpha value is -2.78. The van der Waals surface area contributed by atoms with Crippen LogP contribution in [0.4, 0.5) is 5.69 Å². The molecule has 1 atom stereocenters. The van der Waals surface area contributed by atoms with E-state index in [9.17, 15) is 18.0 Å². The normalized spacial score (nSPS) is 14.9. The number of amides is 2. The summed E-state index contributed by atoms with van der Waals surface area (Å²) in [5.74, 6) is 0.0736. The SMILES string of the molecule is CCOc1ccccc1N(CCCC(=O)N(Cc1ccc(Cl)cc1)C(C)C(=O)NC1CCCCC1)S(C)(=O)=O. The van der Waals surface area contributed by atoms with Gasteiger partial charge in [-0.3, -0.25) is 13.9 Å². The van der Waals surface area contributed by atoms with E-state index in [0.29, 0.717) is 23.1 Å². The average Bonchev–Trinajstić information content (AvgIpc) is 2.91. The van der Waals surface area contributed by atoms with Crippen molar-refractivity contribution in [3.05, 3.63) is 59.1 Å². The van der Waals surface area contributed by atoms with Gasteiger partial charge in [-0.05, 0) is 62.9 Å². The minimum absolute atomic E-state index is 0.0808. The Morgan fingerprint density at radius 1 is 1.08 bits per heavy atom. The smallest absolute Gasteiger partial charge is 0.242 e. The van der Waals surface area contributed by atoms with Crippen LogP contribution in [-0.4, -0.2) is 56.6 Å². The van der Waals surface area contributed by atoms with Crippen molar-refractivity contribution in [2.24, 2.45) is 0 Å². The maximum Gasteiger partial charge on any atom is 0.242 e. The second-order valence-corrected chi connectivity index (χ2v) is 12.4. The summed E-state index contributed by atoms with van der Waals surface area (Å²) in [6.45, 7) is 4.33. The van der Waals surface area contributed by atoms with E-state index in [1.807, 2.05) is 19.1 Å². The van der Waals surface area contributed by atoms with Gasteiger partial charge in [0.1, 0.15) is 11.8 Å². The molecule has 214 valence electrons. The van der Waals surface area contributed by atoms with Gasteiger partial charge >= 0.3 is 0 Å². The molecule has 0 bridgehead atoms. The molecule has 10 heteroatoms. The molecule has 0 saturated heterocycles. The van der Waals surface area contributed by atoms with Crippen LogP contribution in [-0.2, 0) is 26.2 Å². The second kappa shape index (κ2) is 14.6. The van der Waals surface area contributed by atoms with Gasteiger partial charge in [-0.1, -0.05) is 55.1 Å². The van der Waals surface area contributed by atoms with Crippen molar-refractivity contribution in [1.82, 2.24) is 10.2 Å². The Balaban J connectivity index is 1.73. The predicted octanol–water partition coefficient (Wildman–Crippen LogP) is 5.15. The summed E-state index contributed by atoms with van der Waals surface area (Å²) >= 11 is 6.04. The summed E-state index contributed by atoms with van der Waals surface area (Å²) in [6.07, 6.45) is 6.77. The molecule has 0 spiro atoms. The molecule has 1 aliphatic carbocycles. The number of carbonyl (C=O) groups excluding carboxylic acids is 2. The number of hydrogen-bond acceptors (Lipinski definition) is 5. The lowest BCUT2D eigenvalue weighted by atomic mass is 9.95. The molecule has 3 rings (SSSR count). The summed E-state index contributed by atoms with van der Waals surface area (Å²) in [7, 11) is -3.62. The van der Waals surface area contributed by atoms with Gasteiger partial charge in [0.25, 0.3) is 0 Å². The zero-order valence-corrected chi connectivity index (χ0v) is 24.6. The fraction of sp³-hybridized carbons (Fsp3) is 0.517. The summed E-state index contributed by atoms with van der Waals surface area (Å²) in [5, 5.41) is 3.72. The van der Waals surface area contributed by atoms with E-state index in [-0.39, 0.29) is 43.8 Å². The van der Waals surface area contributed by atoms with E-state index in [0.717, 1.165) is 37.5 Å². The van der Waals surface area contributed by atoms with Crippen molar-refractivity contribution >= 4 is 39.1 Å². The molecule has 0 aromatic heterocycles. The predicted molar refractivity (Wildman–Crippen MR) is 156 cm³/mol. The average molecular weight is 578 g/mol. The molecule has 1 N–H and O–H groups in total. The monoisotopic (exact) mass is 577 g/mol. The molecule has 0 heterocycles. The zero-order valence-electron chi connectivity index (χ0n) is 23.1. The van der Waals surface area contributed by atoms with Crippen molar-refractivity contribution < 1.29 is 22.7 Å². The number of sulfonamides is 1. The largest absolute Gasteiger partial charge is 0.492 e. The first-order valence-electron chi connectivity index (χ1n) is 13.6. The number of benzene rings is 2. The van der Waals surface area contributed by atoms with Crippen LogP contribution >= 0.6 is 11.6 Å². The summed E-state index contributed by atoms with van der Waals surface area (Å²) in [4.78, 5) is 28.3. The maximum absolute atomic E-state index is 13.5. The molecule has 1 aliphatic rings. The van der Waals surface area contributed by atoms with Crippen LogP contribution < -0.4 is 14.4 Å². The fourth-order valence-electron chi connectivity index (χ4n) is 4.86. The van der Waals surface area contributed by atoms with Crippen LogP contribution in [0.5, 0.6) is 5.75 Å². The first-order valence-corrected chi connectivity index (χ1v) is 15.9. The number of rotatable bonds is 13. The highest BCUT2D eigenvalue weighted by molar-refractivity contribution is 7.92. The standard InChI is InChI=1S/C29H40ClN3O5S/c1-4-38-27-14-9-8-13-26(27)33(39(3,36)37)20-10-15-28(34)32(21-23-16-18-24(30)19-17-23)22(2)29(35)31-25-11-6-5-7-12-25/h8-9,13-14,16-19,22,25H,4-7,10-12,15,20-21H2,1-3H3,(H,31,35). The molecule has 8 nitrogen and oxygen atoms in total. The van der Waals surface area contributed by atoms with Crippen molar-refractivity contribution in [2.45, 2.75) is 77.4 Å². The first-order chi connectivity index (χ1) is 18.6. The number of anilines is 1. The van der Waals surface area contributed by atoms with Gasteiger partial charge in [-0.25, -0.2) is 8.42 Å². The van der Waals surface area contributed by atoms with Crippen molar-refractivity contribution in [1.29, 1.82) is 0 Å². The lowest BCUT2D eigenvalue weighted by Gasteiger charge is -2.31. The van der Waals surface area contributed by atoms with E-state index in [1.54, 1.807) is 48.2 Å². The van der Waals surface area contributed by atoms with Crippen molar-refractivity contribution in [2.75, 3.05) is 23.7 Å². The third-order valence-corrected chi connectivity index (χ3v) is 8.40. The highest BCUT2D eigenvalue weighted by atomic mass is 35.5. The molecule has 1 saturated carbocycles. The van der Waals surface area contributed by atoms with Crippen LogP contribution in [0.3, 0.4) is 0 Å². The zero-order chi connectivity index (χ0) is 28.4.